The molecule has 3 aromatic rings. The molecule has 9 nitrogen and oxygen atoms in total. The van der Waals surface area contributed by atoms with E-state index in [1.807, 2.05) is 28.9 Å². The van der Waals surface area contributed by atoms with Crippen molar-refractivity contribution in [3.8, 4) is 17.6 Å². The number of nitriles is 1. The molecule has 0 aliphatic carbocycles. The second-order valence-electron chi connectivity index (χ2n) is 8.42. The Morgan fingerprint density at radius 3 is 2.60 bits per heavy atom. The van der Waals surface area contributed by atoms with E-state index in [-0.39, 0.29) is 34.8 Å². The average molecular weight is 479 g/mol. The third-order valence-corrected chi connectivity index (χ3v) is 6.24. The predicted octanol–water partition coefficient (Wildman–Crippen LogP) is 2.91. The van der Waals surface area contributed by atoms with Gasteiger partial charge < -0.3 is 25.0 Å². The van der Waals surface area contributed by atoms with Crippen molar-refractivity contribution in [2.45, 2.75) is 25.8 Å². The first-order valence-corrected chi connectivity index (χ1v) is 11.3. The Labute approximate surface area is 202 Å². The van der Waals surface area contributed by atoms with E-state index in [0.717, 1.165) is 5.56 Å². The number of rotatable bonds is 6. The zero-order valence-corrected chi connectivity index (χ0v) is 19.9. The summed E-state index contributed by atoms with van der Waals surface area (Å²) in [6, 6.07) is 10.8. The van der Waals surface area contributed by atoms with Crippen LogP contribution in [0, 0.1) is 17.1 Å². The Morgan fingerprint density at radius 2 is 1.97 bits per heavy atom. The number of aryl methyl sites for hydroxylation is 1. The number of carbonyl (C=O) groups excluding carboxylic acids is 1. The van der Waals surface area contributed by atoms with Crippen LogP contribution in [0.3, 0.4) is 0 Å². The molecule has 1 amide bonds. The third kappa shape index (κ3) is 4.75. The number of methoxy groups -OCH3 is 2. The van der Waals surface area contributed by atoms with Crippen molar-refractivity contribution >= 4 is 28.6 Å². The predicted molar refractivity (Wildman–Crippen MR) is 130 cm³/mol. The summed E-state index contributed by atoms with van der Waals surface area (Å²) in [6.45, 7) is 3.44. The van der Waals surface area contributed by atoms with Gasteiger partial charge in [-0.1, -0.05) is 12.1 Å². The molecule has 35 heavy (non-hydrogen) atoms. The van der Waals surface area contributed by atoms with Crippen molar-refractivity contribution in [2.24, 2.45) is 0 Å². The Balaban J connectivity index is 1.47. The summed E-state index contributed by atoms with van der Waals surface area (Å²) in [5.74, 6) is -0.00254. The van der Waals surface area contributed by atoms with Gasteiger partial charge in [0.25, 0.3) is 0 Å². The second-order valence-corrected chi connectivity index (χ2v) is 8.42. The molecule has 0 bridgehead atoms. The van der Waals surface area contributed by atoms with Gasteiger partial charge >= 0.3 is 0 Å². The highest BCUT2D eigenvalue weighted by atomic mass is 19.1. The van der Waals surface area contributed by atoms with Crippen LogP contribution in [-0.4, -0.2) is 60.7 Å². The van der Waals surface area contributed by atoms with Gasteiger partial charge in [-0.05, 0) is 37.1 Å². The number of nitrogens with two attached hydrogens (primary N) is 1. The lowest BCUT2D eigenvalue weighted by molar-refractivity contribution is -0.131. The summed E-state index contributed by atoms with van der Waals surface area (Å²) < 4.78 is 25.5. The second kappa shape index (κ2) is 10.0. The van der Waals surface area contributed by atoms with Crippen molar-refractivity contribution in [3.63, 3.8) is 0 Å². The van der Waals surface area contributed by atoms with Crippen LogP contribution in [0.1, 0.15) is 24.5 Å². The first-order chi connectivity index (χ1) is 16.9. The van der Waals surface area contributed by atoms with E-state index >= 15 is 4.39 Å². The number of amides is 1. The smallest absolute Gasteiger partial charge is 0.228 e. The Bertz CT molecular complexity index is 1290. The molecule has 2 aromatic carbocycles. The van der Waals surface area contributed by atoms with Crippen LogP contribution in [0.25, 0.3) is 10.9 Å². The topological polar surface area (TPSA) is 118 Å². The Kier molecular flexibility index (Phi) is 6.87. The largest absolute Gasteiger partial charge is 0.493 e. The number of halogens is 1. The highest BCUT2D eigenvalue weighted by Gasteiger charge is 2.29. The number of nitrogen functional groups attached to an aromatic ring is 1. The zero-order valence-electron chi connectivity index (χ0n) is 19.9. The van der Waals surface area contributed by atoms with E-state index < -0.39 is 5.82 Å². The molecule has 1 saturated heterocycles. The lowest BCUT2D eigenvalue weighted by atomic mass is 10.1. The lowest BCUT2D eigenvalue weighted by Crippen LogP contribution is -2.54. The van der Waals surface area contributed by atoms with Gasteiger partial charge in [0.1, 0.15) is 11.3 Å². The standard InChI is InChI=1S/C25H27FN6O3/c1-15-14-31(20(33)9-8-16-4-6-17(13-27)7-5-16)10-11-32(15)25-29-22-18(24(28)30-25)12-19(34-2)23(35-3)21(22)26/h4-7,12,15H,8-11,14H2,1-3H3,(H2,28,29,30). The fourth-order valence-electron chi connectivity index (χ4n) is 4.30. The first-order valence-electron chi connectivity index (χ1n) is 11.3. The monoisotopic (exact) mass is 478 g/mol. The van der Waals surface area contributed by atoms with Crippen LogP contribution >= 0.6 is 0 Å². The van der Waals surface area contributed by atoms with Crippen LogP contribution in [0.5, 0.6) is 11.5 Å². The van der Waals surface area contributed by atoms with Crippen LogP contribution in [0.2, 0.25) is 0 Å². The van der Waals surface area contributed by atoms with Gasteiger partial charge in [0.15, 0.2) is 17.3 Å². The van der Waals surface area contributed by atoms with Crippen molar-refractivity contribution in [1.29, 1.82) is 5.26 Å². The number of nitrogens with zero attached hydrogens (tertiary/aromatic N) is 5. The van der Waals surface area contributed by atoms with Crippen molar-refractivity contribution < 1.29 is 18.7 Å². The van der Waals surface area contributed by atoms with Crippen molar-refractivity contribution in [2.75, 3.05) is 44.5 Å². The maximum Gasteiger partial charge on any atom is 0.228 e. The maximum absolute atomic E-state index is 15.1. The molecule has 2 heterocycles. The fraction of sp³-hybridized carbons (Fsp3) is 0.360. The van der Waals surface area contributed by atoms with E-state index in [0.29, 0.717) is 49.4 Å². The molecule has 0 spiro atoms. The molecular weight excluding hydrogens is 451 g/mol. The van der Waals surface area contributed by atoms with Gasteiger partial charge in [-0.3, -0.25) is 4.79 Å². The third-order valence-electron chi connectivity index (χ3n) is 6.24. The summed E-state index contributed by atoms with van der Waals surface area (Å²) in [4.78, 5) is 25.4. The molecule has 1 aliphatic heterocycles. The minimum Gasteiger partial charge on any atom is -0.493 e. The molecule has 1 aliphatic rings. The number of hydrogen-bond acceptors (Lipinski definition) is 8. The van der Waals surface area contributed by atoms with Crippen LogP contribution in [0.15, 0.2) is 30.3 Å². The van der Waals surface area contributed by atoms with Crippen LogP contribution in [-0.2, 0) is 11.2 Å². The molecule has 1 fully saturated rings. The minimum absolute atomic E-state index is 0.0465. The van der Waals surface area contributed by atoms with Crippen molar-refractivity contribution in [3.05, 3.63) is 47.3 Å². The molecule has 1 aromatic heterocycles. The van der Waals surface area contributed by atoms with E-state index in [2.05, 4.69) is 16.0 Å². The van der Waals surface area contributed by atoms with Gasteiger partial charge in [0, 0.05) is 37.5 Å². The molecule has 0 radical (unpaired) electrons. The van der Waals surface area contributed by atoms with Gasteiger partial charge in [0.2, 0.25) is 11.9 Å². The molecular formula is C25H27FN6O3. The highest BCUT2D eigenvalue weighted by Crippen LogP contribution is 2.37. The molecule has 10 heteroatoms. The van der Waals surface area contributed by atoms with Gasteiger partial charge in [-0.15, -0.1) is 0 Å². The summed E-state index contributed by atoms with van der Waals surface area (Å²) in [5, 5.41) is 9.25. The molecule has 0 saturated carbocycles. The van der Waals surface area contributed by atoms with E-state index in [1.165, 1.54) is 14.2 Å². The van der Waals surface area contributed by atoms with Crippen molar-refractivity contribution in [1.82, 2.24) is 14.9 Å². The van der Waals surface area contributed by atoms with Gasteiger partial charge in [0.05, 0.1) is 25.9 Å². The number of piperazine rings is 1. The number of fused-ring (bicyclic) bond motifs is 1. The number of anilines is 2. The normalized spacial score (nSPS) is 15.7. The molecule has 2 N–H and O–H groups in total. The Hall–Kier alpha value is -4.13. The number of benzene rings is 2. The number of hydrogen-bond donors (Lipinski definition) is 1. The van der Waals surface area contributed by atoms with E-state index in [4.69, 9.17) is 20.5 Å². The summed E-state index contributed by atoms with van der Waals surface area (Å²) >= 11 is 0. The van der Waals surface area contributed by atoms with E-state index in [9.17, 15) is 4.79 Å². The van der Waals surface area contributed by atoms with Gasteiger partial charge in [-0.2, -0.15) is 10.2 Å². The summed E-state index contributed by atoms with van der Waals surface area (Å²) in [7, 11) is 2.78. The number of ether oxygens (including phenoxy) is 2. The minimum atomic E-state index is -0.665. The molecule has 1 atom stereocenters. The first kappa shape index (κ1) is 24.0. The van der Waals surface area contributed by atoms with Crippen LogP contribution < -0.4 is 20.1 Å². The lowest BCUT2D eigenvalue weighted by Gasteiger charge is -2.40. The quantitative estimate of drug-likeness (QED) is 0.575. The maximum atomic E-state index is 15.1. The average Bonchev–Trinajstić information content (AvgIpc) is 2.87. The van der Waals surface area contributed by atoms with Gasteiger partial charge in [-0.25, -0.2) is 9.37 Å². The number of carbonyl (C=O) groups is 1. The summed E-state index contributed by atoms with van der Waals surface area (Å²) in [6.07, 6.45) is 0.985. The van der Waals surface area contributed by atoms with Crippen LogP contribution in [0.4, 0.5) is 16.2 Å². The Morgan fingerprint density at radius 1 is 1.23 bits per heavy atom. The summed E-state index contributed by atoms with van der Waals surface area (Å²) in [5.41, 5.74) is 7.82. The highest BCUT2D eigenvalue weighted by molar-refractivity contribution is 5.92. The fourth-order valence-corrected chi connectivity index (χ4v) is 4.30. The number of aromatic nitrogens is 2. The molecule has 1 unspecified atom stereocenters. The molecule has 4 rings (SSSR count). The molecule has 182 valence electrons. The van der Waals surface area contributed by atoms with E-state index in [1.54, 1.807) is 18.2 Å². The zero-order chi connectivity index (χ0) is 25.1. The SMILES string of the molecule is COc1cc2c(N)nc(N3CCN(C(=O)CCc4ccc(C#N)cc4)CC3C)nc2c(F)c1OC.